The van der Waals surface area contributed by atoms with Crippen LogP contribution in [0, 0.1) is 11.7 Å². The van der Waals surface area contributed by atoms with Crippen LogP contribution in [0.5, 0.6) is 0 Å². The van der Waals surface area contributed by atoms with Crippen LogP contribution >= 0.6 is 0 Å². The fraction of sp³-hybridized carbons (Fsp3) is 0.429. The summed E-state index contributed by atoms with van der Waals surface area (Å²) in [4.78, 5) is 2.13. The number of hydrogen-bond acceptors (Lipinski definition) is 2. The molecule has 0 spiro atoms. The van der Waals surface area contributed by atoms with E-state index in [-0.39, 0.29) is 18.3 Å². The zero-order valence-corrected chi connectivity index (χ0v) is 9.85. The van der Waals surface area contributed by atoms with Crippen molar-refractivity contribution >= 4 is 0 Å². The molecule has 1 N–H and O–H groups in total. The maximum Gasteiger partial charge on any atom is 0.123 e. The molecule has 0 radical (unpaired) electrons. The van der Waals surface area contributed by atoms with Crippen molar-refractivity contribution in [2.45, 2.75) is 12.3 Å². The number of hydrogen-bond donors (Lipinski definition) is 1. The van der Waals surface area contributed by atoms with E-state index in [1.807, 2.05) is 18.3 Å². The standard InChI is InChI=1S/C14H18FNO/c1-2-16-8-7-14(12(9-16)10-17)11-3-5-13(15)6-4-11/h2-6,12,14,17H,1,7-10H2. The predicted molar refractivity (Wildman–Crippen MR) is 66.1 cm³/mol. The first-order valence-electron chi connectivity index (χ1n) is 5.97. The summed E-state index contributed by atoms with van der Waals surface area (Å²) in [5.41, 5.74) is 1.12. The summed E-state index contributed by atoms with van der Waals surface area (Å²) in [5.74, 6) is 0.307. The fourth-order valence-corrected chi connectivity index (χ4v) is 2.56. The summed E-state index contributed by atoms with van der Waals surface area (Å²) < 4.78 is 12.9. The molecule has 1 aliphatic heterocycles. The van der Waals surface area contributed by atoms with Crippen molar-refractivity contribution in [3.05, 3.63) is 48.4 Å². The number of aliphatic hydroxyl groups excluding tert-OH is 1. The smallest absolute Gasteiger partial charge is 0.123 e. The lowest BCUT2D eigenvalue weighted by molar-refractivity contribution is 0.130. The van der Waals surface area contributed by atoms with Gasteiger partial charge in [0.1, 0.15) is 5.82 Å². The van der Waals surface area contributed by atoms with Gasteiger partial charge in [-0.2, -0.15) is 0 Å². The van der Waals surface area contributed by atoms with E-state index in [9.17, 15) is 9.50 Å². The molecule has 1 fully saturated rings. The van der Waals surface area contributed by atoms with Gasteiger partial charge in [-0.15, -0.1) is 0 Å². The first-order valence-corrected chi connectivity index (χ1v) is 5.97. The lowest BCUT2D eigenvalue weighted by atomic mass is 9.81. The van der Waals surface area contributed by atoms with E-state index >= 15 is 0 Å². The Kier molecular flexibility index (Phi) is 3.79. The SMILES string of the molecule is C=CN1CCC(c2ccc(F)cc2)C(CO)C1. The van der Waals surface area contributed by atoms with E-state index in [2.05, 4.69) is 11.5 Å². The molecule has 1 aromatic rings. The van der Waals surface area contributed by atoms with Gasteiger partial charge in [0.15, 0.2) is 0 Å². The molecule has 0 saturated carbocycles. The topological polar surface area (TPSA) is 23.5 Å². The van der Waals surface area contributed by atoms with Gasteiger partial charge in [-0.25, -0.2) is 4.39 Å². The van der Waals surface area contributed by atoms with Gasteiger partial charge < -0.3 is 10.0 Å². The van der Waals surface area contributed by atoms with E-state index in [0.717, 1.165) is 25.1 Å². The monoisotopic (exact) mass is 235 g/mol. The zero-order chi connectivity index (χ0) is 12.3. The highest BCUT2D eigenvalue weighted by Gasteiger charge is 2.28. The quantitative estimate of drug-likeness (QED) is 0.869. The van der Waals surface area contributed by atoms with Gasteiger partial charge in [-0.1, -0.05) is 18.7 Å². The third-order valence-corrected chi connectivity index (χ3v) is 3.56. The van der Waals surface area contributed by atoms with Crippen molar-refractivity contribution in [3.8, 4) is 0 Å². The Bertz CT molecular complexity index is 376. The van der Waals surface area contributed by atoms with E-state index in [0.29, 0.717) is 5.92 Å². The largest absolute Gasteiger partial charge is 0.396 e. The highest BCUT2D eigenvalue weighted by atomic mass is 19.1. The molecule has 0 aliphatic carbocycles. The van der Waals surface area contributed by atoms with Gasteiger partial charge in [0.2, 0.25) is 0 Å². The molecule has 17 heavy (non-hydrogen) atoms. The Morgan fingerprint density at radius 1 is 1.41 bits per heavy atom. The Balaban J connectivity index is 2.14. The first kappa shape index (κ1) is 12.1. The number of nitrogens with zero attached hydrogens (tertiary/aromatic N) is 1. The molecule has 92 valence electrons. The van der Waals surface area contributed by atoms with Gasteiger partial charge >= 0.3 is 0 Å². The van der Waals surface area contributed by atoms with Crippen molar-refractivity contribution in [2.75, 3.05) is 19.7 Å². The average Bonchev–Trinajstić information content (AvgIpc) is 2.39. The molecule has 1 aliphatic rings. The predicted octanol–water partition coefficient (Wildman–Crippen LogP) is 2.37. The molecule has 2 atom stereocenters. The molecule has 1 aromatic carbocycles. The fourth-order valence-electron chi connectivity index (χ4n) is 2.56. The van der Waals surface area contributed by atoms with E-state index < -0.39 is 0 Å². The second kappa shape index (κ2) is 5.32. The second-order valence-corrected chi connectivity index (χ2v) is 4.57. The molecule has 2 nitrogen and oxygen atoms in total. The van der Waals surface area contributed by atoms with Gasteiger partial charge in [-0.05, 0) is 36.2 Å². The molecule has 2 rings (SSSR count). The maximum absolute atomic E-state index is 12.9. The van der Waals surface area contributed by atoms with Gasteiger partial charge in [0, 0.05) is 25.6 Å². The summed E-state index contributed by atoms with van der Waals surface area (Å²) in [5, 5.41) is 9.46. The minimum absolute atomic E-state index is 0.159. The molecule has 2 unspecified atom stereocenters. The molecule has 1 heterocycles. The minimum atomic E-state index is -0.210. The normalized spacial score (nSPS) is 24.7. The van der Waals surface area contributed by atoms with Crippen molar-refractivity contribution in [1.82, 2.24) is 4.90 Å². The van der Waals surface area contributed by atoms with E-state index in [1.54, 1.807) is 0 Å². The molecular formula is C14H18FNO. The number of halogens is 1. The van der Waals surface area contributed by atoms with Crippen LogP contribution in [0.25, 0.3) is 0 Å². The highest BCUT2D eigenvalue weighted by Crippen LogP contribution is 2.32. The molecule has 3 heteroatoms. The number of likely N-dealkylation sites (tertiary alicyclic amines) is 1. The Hall–Kier alpha value is -1.35. The molecule has 0 bridgehead atoms. The summed E-state index contributed by atoms with van der Waals surface area (Å²) in [6.45, 7) is 5.68. The number of aliphatic hydroxyl groups is 1. The van der Waals surface area contributed by atoms with Crippen molar-refractivity contribution in [3.63, 3.8) is 0 Å². The summed E-state index contributed by atoms with van der Waals surface area (Å²) in [6.07, 6.45) is 2.80. The Morgan fingerprint density at radius 2 is 2.12 bits per heavy atom. The summed E-state index contributed by atoms with van der Waals surface area (Å²) >= 11 is 0. The third-order valence-electron chi connectivity index (χ3n) is 3.56. The molecule has 1 saturated heterocycles. The second-order valence-electron chi connectivity index (χ2n) is 4.57. The Morgan fingerprint density at radius 3 is 2.71 bits per heavy atom. The van der Waals surface area contributed by atoms with Gasteiger partial charge in [-0.3, -0.25) is 0 Å². The first-order chi connectivity index (χ1) is 8.24. The average molecular weight is 235 g/mol. The summed E-state index contributed by atoms with van der Waals surface area (Å²) in [7, 11) is 0. The summed E-state index contributed by atoms with van der Waals surface area (Å²) in [6, 6.07) is 6.63. The number of benzene rings is 1. The lowest BCUT2D eigenvalue weighted by Crippen LogP contribution is -2.38. The van der Waals surface area contributed by atoms with Gasteiger partial charge in [0.05, 0.1) is 0 Å². The maximum atomic E-state index is 12.9. The van der Waals surface area contributed by atoms with Crippen LogP contribution in [0.1, 0.15) is 17.9 Å². The van der Waals surface area contributed by atoms with Gasteiger partial charge in [0.25, 0.3) is 0 Å². The molecule has 0 amide bonds. The van der Waals surface area contributed by atoms with Crippen molar-refractivity contribution in [1.29, 1.82) is 0 Å². The molecular weight excluding hydrogens is 217 g/mol. The number of piperidine rings is 1. The third kappa shape index (κ3) is 2.67. The van der Waals surface area contributed by atoms with Crippen LogP contribution in [0.3, 0.4) is 0 Å². The van der Waals surface area contributed by atoms with E-state index in [1.165, 1.54) is 12.1 Å². The number of rotatable bonds is 3. The van der Waals surface area contributed by atoms with Crippen LogP contribution < -0.4 is 0 Å². The Labute approximate surface area is 101 Å². The van der Waals surface area contributed by atoms with Crippen LogP contribution in [-0.2, 0) is 0 Å². The van der Waals surface area contributed by atoms with Crippen LogP contribution in [0.15, 0.2) is 37.0 Å². The van der Waals surface area contributed by atoms with Crippen molar-refractivity contribution in [2.24, 2.45) is 5.92 Å². The molecule has 0 aromatic heterocycles. The lowest BCUT2D eigenvalue weighted by Gasteiger charge is -2.37. The zero-order valence-electron chi connectivity index (χ0n) is 9.85. The highest BCUT2D eigenvalue weighted by molar-refractivity contribution is 5.22. The van der Waals surface area contributed by atoms with E-state index in [4.69, 9.17) is 0 Å². The van der Waals surface area contributed by atoms with Crippen molar-refractivity contribution < 1.29 is 9.50 Å². The van der Waals surface area contributed by atoms with Crippen LogP contribution in [0.4, 0.5) is 4.39 Å². The van der Waals surface area contributed by atoms with Crippen LogP contribution in [0.2, 0.25) is 0 Å². The van der Waals surface area contributed by atoms with Crippen LogP contribution in [-0.4, -0.2) is 29.7 Å². The minimum Gasteiger partial charge on any atom is -0.396 e.